The summed E-state index contributed by atoms with van der Waals surface area (Å²) >= 11 is 0. The molecule has 0 unspecified atom stereocenters. The van der Waals surface area contributed by atoms with Crippen molar-refractivity contribution in [2.45, 2.75) is 70.4 Å². The second-order valence-electron chi connectivity index (χ2n) is 7.43. The third-order valence-electron chi connectivity index (χ3n) is 5.90. The molecule has 2 aromatic rings. The van der Waals surface area contributed by atoms with Gasteiger partial charge in [0.05, 0.1) is 12.0 Å². The molecule has 4 rings (SSSR count). The Morgan fingerprint density at radius 2 is 1.96 bits per heavy atom. The topological polar surface area (TPSA) is 59.8 Å². The molecular formula is C20H26N4O. The van der Waals surface area contributed by atoms with E-state index in [2.05, 4.69) is 45.2 Å². The van der Waals surface area contributed by atoms with Crippen LogP contribution in [0.5, 0.6) is 0 Å². The molecule has 1 saturated carbocycles. The van der Waals surface area contributed by atoms with E-state index in [4.69, 9.17) is 0 Å². The first-order chi connectivity index (χ1) is 12.2. The van der Waals surface area contributed by atoms with Crippen molar-refractivity contribution in [2.24, 2.45) is 0 Å². The van der Waals surface area contributed by atoms with Crippen LogP contribution in [0.2, 0.25) is 0 Å². The van der Waals surface area contributed by atoms with Crippen molar-refractivity contribution in [1.29, 1.82) is 0 Å². The van der Waals surface area contributed by atoms with Crippen LogP contribution in [0, 0.1) is 6.92 Å². The van der Waals surface area contributed by atoms with E-state index < -0.39 is 5.41 Å². The number of benzene rings is 1. The Balaban J connectivity index is 1.57. The van der Waals surface area contributed by atoms with Crippen LogP contribution in [0.15, 0.2) is 24.3 Å². The number of nitrogens with zero attached hydrogens (tertiary/aromatic N) is 3. The SMILES string of the molecule is Cc1ccccc1C1(C(=O)NCc2nnc3n2CCC3)CCCCC1. The van der Waals surface area contributed by atoms with Gasteiger partial charge >= 0.3 is 0 Å². The van der Waals surface area contributed by atoms with Crippen LogP contribution in [0.25, 0.3) is 0 Å². The molecule has 1 aliphatic heterocycles. The van der Waals surface area contributed by atoms with E-state index in [0.29, 0.717) is 6.54 Å². The number of hydrogen-bond acceptors (Lipinski definition) is 3. The largest absolute Gasteiger partial charge is 0.348 e. The van der Waals surface area contributed by atoms with Crippen LogP contribution < -0.4 is 5.32 Å². The smallest absolute Gasteiger partial charge is 0.231 e. The summed E-state index contributed by atoms with van der Waals surface area (Å²) < 4.78 is 2.15. The summed E-state index contributed by atoms with van der Waals surface area (Å²) in [4.78, 5) is 13.3. The molecule has 0 radical (unpaired) electrons. The minimum absolute atomic E-state index is 0.150. The maximum atomic E-state index is 13.3. The molecule has 1 amide bonds. The number of aromatic nitrogens is 3. The Morgan fingerprint density at radius 1 is 1.16 bits per heavy atom. The average molecular weight is 338 g/mol. The van der Waals surface area contributed by atoms with Crippen molar-refractivity contribution >= 4 is 5.91 Å². The number of amides is 1. The molecule has 2 aliphatic rings. The third-order valence-corrected chi connectivity index (χ3v) is 5.90. The highest BCUT2D eigenvalue weighted by molar-refractivity contribution is 5.88. The van der Waals surface area contributed by atoms with Crippen LogP contribution in [-0.4, -0.2) is 20.7 Å². The second-order valence-corrected chi connectivity index (χ2v) is 7.43. The lowest BCUT2D eigenvalue weighted by molar-refractivity contribution is -0.128. The van der Waals surface area contributed by atoms with E-state index >= 15 is 0 Å². The van der Waals surface area contributed by atoms with Crippen molar-refractivity contribution in [2.75, 3.05) is 0 Å². The molecule has 1 aromatic heterocycles. The fraction of sp³-hybridized carbons (Fsp3) is 0.550. The van der Waals surface area contributed by atoms with Crippen LogP contribution in [0.1, 0.15) is 61.3 Å². The normalized spacial score (nSPS) is 18.8. The highest BCUT2D eigenvalue weighted by Crippen LogP contribution is 2.41. The van der Waals surface area contributed by atoms with Gasteiger partial charge in [0.15, 0.2) is 5.82 Å². The van der Waals surface area contributed by atoms with Gasteiger partial charge < -0.3 is 9.88 Å². The summed E-state index contributed by atoms with van der Waals surface area (Å²) in [7, 11) is 0. The summed E-state index contributed by atoms with van der Waals surface area (Å²) in [6.45, 7) is 3.56. The third kappa shape index (κ3) is 2.86. The van der Waals surface area contributed by atoms with Gasteiger partial charge in [-0.15, -0.1) is 10.2 Å². The minimum Gasteiger partial charge on any atom is -0.348 e. The highest BCUT2D eigenvalue weighted by Gasteiger charge is 2.41. The molecule has 132 valence electrons. The lowest BCUT2D eigenvalue weighted by Crippen LogP contribution is -2.46. The molecule has 1 aliphatic carbocycles. The first-order valence-corrected chi connectivity index (χ1v) is 9.46. The monoisotopic (exact) mass is 338 g/mol. The Bertz CT molecular complexity index is 774. The van der Waals surface area contributed by atoms with Gasteiger partial charge in [0.2, 0.25) is 5.91 Å². The van der Waals surface area contributed by atoms with Gasteiger partial charge in [0, 0.05) is 13.0 Å². The molecule has 1 aromatic carbocycles. The van der Waals surface area contributed by atoms with Gasteiger partial charge in [-0.25, -0.2) is 0 Å². The lowest BCUT2D eigenvalue weighted by atomic mass is 9.67. The Labute approximate surface area is 148 Å². The molecule has 1 fully saturated rings. The molecule has 5 heteroatoms. The zero-order chi connectivity index (χ0) is 17.3. The number of hydrogen-bond donors (Lipinski definition) is 1. The van der Waals surface area contributed by atoms with Gasteiger partial charge in [-0.2, -0.15) is 0 Å². The van der Waals surface area contributed by atoms with E-state index in [1.54, 1.807) is 0 Å². The molecule has 1 N–H and O–H groups in total. The lowest BCUT2D eigenvalue weighted by Gasteiger charge is -2.37. The molecule has 0 spiro atoms. The predicted molar refractivity (Wildman–Crippen MR) is 96.1 cm³/mol. The van der Waals surface area contributed by atoms with Crippen LogP contribution in [0.4, 0.5) is 0 Å². The average Bonchev–Trinajstić information content (AvgIpc) is 3.25. The fourth-order valence-electron chi connectivity index (χ4n) is 4.55. The first kappa shape index (κ1) is 16.3. The maximum absolute atomic E-state index is 13.3. The van der Waals surface area contributed by atoms with Crippen molar-refractivity contribution < 1.29 is 4.79 Å². The molecule has 0 bridgehead atoms. The number of nitrogens with one attached hydrogen (secondary N) is 1. The van der Waals surface area contributed by atoms with Crippen LogP contribution in [0.3, 0.4) is 0 Å². The quantitative estimate of drug-likeness (QED) is 0.932. The van der Waals surface area contributed by atoms with Crippen molar-refractivity contribution in [3.05, 3.63) is 47.0 Å². The number of rotatable bonds is 4. The summed E-state index contributed by atoms with van der Waals surface area (Å²) in [6, 6.07) is 8.35. The fourth-order valence-corrected chi connectivity index (χ4v) is 4.55. The number of fused-ring (bicyclic) bond motifs is 1. The van der Waals surface area contributed by atoms with E-state index in [1.165, 1.54) is 17.5 Å². The van der Waals surface area contributed by atoms with Crippen molar-refractivity contribution in [1.82, 2.24) is 20.1 Å². The van der Waals surface area contributed by atoms with Crippen molar-refractivity contribution in [3.63, 3.8) is 0 Å². The summed E-state index contributed by atoms with van der Waals surface area (Å²) in [5.74, 6) is 2.09. The molecular weight excluding hydrogens is 312 g/mol. The zero-order valence-electron chi connectivity index (χ0n) is 14.9. The molecule has 0 atom stereocenters. The van der Waals surface area contributed by atoms with E-state index in [9.17, 15) is 4.79 Å². The van der Waals surface area contributed by atoms with Crippen LogP contribution in [-0.2, 0) is 29.7 Å². The van der Waals surface area contributed by atoms with E-state index in [1.807, 2.05) is 6.07 Å². The van der Waals surface area contributed by atoms with Gasteiger partial charge in [-0.1, -0.05) is 43.5 Å². The molecule has 0 saturated heterocycles. The standard InChI is InChI=1S/C20H26N4O/c1-15-8-3-4-9-16(15)20(11-5-2-6-12-20)19(25)21-14-18-23-22-17-10-7-13-24(17)18/h3-4,8-9H,2,5-7,10-14H2,1H3,(H,21,25). The van der Waals surface area contributed by atoms with Gasteiger partial charge in [0.1, 0.15) is 5.82 Å². The first-order valence-electron chi connectivity index (χ1n) is 9.46. The maximum Gasteiger partial charge on any atom is 0.231 e. The van der Waals surface area contributed by atoms with Gasteiger partial charge in [0.25, 0.3) is 0 Å². The highest BCUT2D eigenvalue weighted by atomic mass is 16.2. The van der Waals surface area contributed by atoms with Gasteiger partial charge in [-0.05, 0) is 37.3 Å². The number of aryl methyl sites for hydroxylation is 2. The van der Waals surface area contributed by atoms with Crippen molar-refractivity contribution in [3.8, 4) is 0 Å². The summed E-state index contributed by atoms with van der Waals surface area (Å²) in [6.07, 6.45) is 7.43. The summed E-state index contributed by atoms with van der Waals surface area (Å²) in [5.41, 5.74) is 2.01. The zero-order valence-corrected chi connectivity index (χ0v) is 14.9. The van der Waals surface area contributed by atoms with Gasteiger partial charge in [-0.3, -0.25) is 4.79 Å². The molecule has 2 heterocycles. The molecule has 5 nitrogen and oxygen atoms in total. The number of carbonyl (C=O) groups excluding carboxylic acids is 1. The van der Waals surface area contributed by atoms with Crippen LogP contribution >= 0.6 is 0 Å². The Morgan fingerprint density at radius 3 is 2.76 bits per heavy atom. The summed E-state index contributed by atoms with van der Waals surface area (Å²) in [5, 5.41) is 11.7. The Hall–Kier alpha value is -2.17. The molecule has 25 heavy (non-hydrogen) atoms. The number of carbonyl (C=O) groups is 1. The second kappa shape index (κ2) is 6.62. The Kier molecular flexibility index (Phi) is 4.32. The van der Waals surface area contributed by atoms with E-state index in [-0.39, 0.29) is 5.91 Å². The minimum atomic E-state index is -0.391. The van der Waals surface area contributed by atoms with E-state index in [0.717, 1.165) is 56.7 Å². The predicted octanol–water partition coefficient (Wildman–Crippen LogP) is 3.05.